The summed E-state index contributed by atoms with van der Waals surface area (Å²) in [4.78, 5) is 0. The second-order valence-electron chi connectivity index (χ2n) is 1.83. The zero-order valence-electron chi connectivity index (χ0n) is 6.08. The number of nitrogens with zero attached hydrogens (tertiary/aromatic N) is 1. The molecule has 0 amide bonds. The van der Waals surface area contributed by atoms with E-state index in [0.29, 0.717) is 6.54 Å². The Hall–Kier alpha value is 0.140. The van der Waals surface area contributed by atoms with Crippen molar-refractivity contribution in [2.75, 3.05) is 13.6 Å². The van der Waals surface area contributed by atoms with Gasteiger partial charge in [0.15, 0.2) is 0 Å². The van der Waals surface area contributed by atoms with Crippen molar-refractivity contribution in [2.45, 2.75) is 0 Å². The first-order valence-electron chi connectivity index (χ1n) is 2.84. The predicted octanol–water partition coefficient (Wildman–Crippen LogP) is -2.15. The largest absolute Gasteiger partial charge is 1.00 e. The molecule has 0 N–H and O–H groups in total. The van der Waals surface area contributed by atoms with E-state index < -0.39 is 0 Å². The topological polar surface area (TPSA) is 3.01 Å². The fourth-order valence-electron chi connectivity index (χ4n) is 0.581. The maximum atomic E-state index is 5.15. The van der Waals surface area contributed by atoms with Gasteiger partial charge in [-0.05, 0) is 5.92 Å². The highest BCUT2D eigenvalue weighted by atomic mass is 127. The maximum Gasteiger partial charge on any atom is 0.314 e. The molecular formula is C7H8INS2. The molecule has 0 radical (unpaired) electrons. The molecule has 60 valence electrons. The molecule has 0 bridgehead atoms. The van der Waals surface area contributed by atoms with Crippen LogP contribution >= 0.6 is 22.7 Å². The van der Waals surface area contributed by atoms with Gasteiger partial charge >= 0.3 is 3.98 Å². The van der Waals surface area contributed by atoms with E-state index in [-0.39, 0.29) is 24.0 Å². The van der Waals surface area contributed by atoms with Gasteiger partial charge in [0.2, 0.25) is 6.54 Å². The third-order valence-corrected chi connectivity index (χ3v) is 3.35. The van der Waals surface area contributed by atoms with E-state index >= 15 is 0 Å². The first-order chi connectivity index (χ1) is 4.84. The van der Waals surface area contributed by atoms with Crippen LogP contribution in [0.1, 0.15) is 0 Å². The second kappa shape index (κ2) is 5.75. The van der Waals surface area contributed by atoms with E-state index in [9.17, 15) is 0 Å². The van der Waals surface area contributed by atoms with Gasteiger partial charge < -0.3 is 24.0 Å². The van der Waals surface area contributed by atoms with Gasteiger partial charge in [-0.15, -0.1) is 6.42 Å². The lowest BCUT2D eigenvalue weighted by molar-refractivity contribution is -0.00000196. The molecule has 0 aliphatic carbocycles. The first-order valence-corrected chi connectivity index (χ1v) is 4.60. The highest BCUT2D eigenvalue weighted by molar-refractivity contribution is 7.24. The van der Waals surface area contributed by atoms with Crippen LogP contribution < -0.4 is 32.5 Å². The summed E-state index contributed by atoms with van der Waals surface area (Å²) in [5, 5.41) is 4.13. The zero-order chi connectivity index (χ0) is 7.40. The highest BCUT2D eigenvalue weighted by Gasteiger charge is 1.94. The molecule has 0 fully saturated rings. The van der Waals surface area contributed by atoms with E-state index in [1.54, 1.807) is 22.7 Å². The van der Waals surface area contributed by atoms with Crippen LogP contribution in [0.2, 0.25) is 0 Å². The lowest BCUT2D eigenvalue weighted by Crippen LogP contribution is -3.00. The molecule has 0 unspecified atom stereocenters. The predicted molar refractivity (Wildman–Crippen MR) is 47.1 cm³/mol. The number of rotatable bonds is 1. The Morgan fingerprint density at radius 3 is 2.55 bits per heavy atom. The Kier molecular flexibility index (Phi) is 5.82. The number of terminal acetylenes is 1. The minimum atomic E-state index is 0. The summed E-state index contributed by atoms with van der Waals surface area (Å²) >= 11 is 3.44. The van der Waals surface area contributed by atoms with Crippen LogP contribution in [0.15, 0.2) is 10.8 Å². The van der Waals surface area contributed by atoms with Crippen LogP contribution in [-0.4, -0.2) is 13.6 Å². The fourth-order valence-corrected chi connectivity index (χ4v) is 2.30. The molecule has 0 aliphatic heterocycles. The quantitative estimate of drug-likeness (QED) is 0.316. The van der Waals surface area contributed by atoms with Crippen LogP contribution in [-0.2, 0) is 0 Å². The average Bonchev–Trinajstić information content (AvgIpc) is 2.38. The standard InChI is InChI=1S/C7H8NS2.HI/c1-3-4-8(2)7-9-5-6-10-7;/h1,5-6H,4H2,2H3;1H/q+1;/p-1. The summed E-state index contributed by atoms with van der Waals surface area (Å²) in [5.41, 5.74) is 0. The summed E-state index contributed by atoms with van der Waals surface area (Å²) in [7, 11) is 2.00. The molecule has 0 atom stereocenters. The Morgan fingerprint density at radius 2 is 2.09 bits per heavy atom. The van der Waals surface area contributed by atoms with Gasteiger partial charge in [0.05, 0.1) is 0 Å². The van der Waals surface area contributed by atoms with Crippen molar-refractivity contribution in [2.24, 2.45) is 0 Å². The van der Waals surface area contributed by atoms with Gasteiger partial charge in [-0.25, -0.2) is 4.58 Å². The normalized spacial score (nSPS) is 8.00. The van der Waals surface area contributed by atoms with Gasteiger partial charge in [0, 0.05) is 10.8 Å². The third kappa shape index (κ3) is 3.36. The van der Waals surface area contributed by atoms with Crippen LogP contribution in [0.3, 0.4) is 0 Å². The van der Waals surface area contributed by atoms with Gasteiger partial charge in [-0.3, -0.25) is 0 Å². The van der Waals surface area contributed by atoms with Crippen molar-refractivity contribution in [3.8, 4) is 12.3 Å². The van der Waals surface area contributed by atoms with Crippen molar-refractivity contribution < 1.29 is 24.0 Å². The minimum Gasteiger partial charge on any atom is -1.00 e. The highest BCUT2D eigenvalue weighted by Crippen LogP contribution is 1.91. The van der Waals surface area contributed by atoms with Crippen molar-refractivity contribution in [3.63, 3.8) is 0 Å². The Morgan fingerprint density at radius 1 is 1.55 bits per heavy atom. The van der Waals surface area contributed by atoms with Crippen molar-refractivity contribution in [1.82, 2.24) is 4.58 Å². The Labute approximate surface area is 91.4 Å². The second-order valence-corrected chi connectivity index (χ2v) is 3.88. The lowest BCUT2D eigenvalue weighted by atomic mass is 10.7. The molecule has 4 heteroatoms. The summed E-state index contributed by atoms with van der Waals surface area (Å²) < 4.78 is 3.33. The number of hydrogen-bond donors (Lipinski definition) is 0. The average molecular weight is 297 g/mol. The summed E-state index contributed by atoms with van der Waals surface area (Å²) in [5.74, 6) is 2.60. The molecule has 1 aromatic rings. The van der Waals surface area contributed by atoms with E-state index in [0.717, 1.165) is 0 Å². The summed E-state index contributed by atoms with van der Waals surface area (Å²) in [6.07, 6.45) is 5.15. The molecule has 11 heavy (non-hydrogen) atoms. The van der Waals surface area contributed by atoms with E-state index in [2.05, 4.69) is 21.3 Å². The van der Waals surface area contributed by atoms with Crippen molar-refractivity contribution in [3.05, 3.63) is 14.7 Å². The van der Waals surface area contributed by atoms with Crippen LogP contribution in [0, 0.1) is 12.3 Å². The Bertz CT molecular complexity index is 288. The third-order valence-electron chi connectivity index (χ3n) is 1.03. The molecule has 0 aliphatic rings. The van der Waals surface area contributed by atoms with Crippen LogP contribution in [0.4, 0.5) is 0 Å². The van der Waals surface area contributed by atoms with E-state index in [4.69, 9.17) is 6.42 Å². The van der Waals surface area contributed by atoms with E-state index in [1.807, 2.05) is 7.05 Å². The van der Waals surface area contributed by atoms with Gasteiger partial charge in [0.25, 0.3) is 0 Å². The van der Waals surface area contributed by atoms with Gasteiger partial charge in [-0.2, -0.15) is 0 Å². The van der Waals surface area contributed by atoms with Crippen LogP contribution in [0.5, 0.6) is 0 Å². The molecule has 1 heterocycles. The molecule has 0 saturated heterocycles. The first kappa shape index (κ1) is 11.1. The lowest BCUT2D eigenvalue weighted by Gasteiger charge is -1.82. The minimum absolute atomic E-state index is 0. The van der Waals surface area contributed by atoms with Gasteiger partial charge in [-0.1, -0.05) is 22.7 Å². The molecule has 0 aromatic carbocycles. The van der Waals surface area contributed by atoms with Crippen molar-refractivity contribution >= 4 is 22.7 Å². The fraction of sp³-hybridized carbons (Fsp3) is 0.286. The smallest absolute Gasteiger partial charge is 0.314 e. The SMILES string of the molecule is C#CC[N+](C)=c1sccs1.[I-]. The number of hydrogen-bond acceptors (Lipinski definition) is 2. The molecule has 1 aromatic heterocycles. The molecule has 0 saturated carbocycles. The Balaban J connectivity index is 0.000001000. The zero-order valence-corrected chi connectivity index (χ0v) is 9.87. The molecule has 1 nitrogen and oxygen atoms in total. The van der Waals surface area contributed by atoms with E-state index in [1.165, 1.54) is 3.98 Å². The maximum absolute atomic E-state index is 5.15. The molecule has 1 rings (SSSR count). The molecular weight excluding hydrogens is 289 g/mol. The van der Waals surface area contributed by atoms with Gasteiger partial charge in [0.1, 0.15) is 7.05 Å². The van der Waals surface area contributed by atoms with Crippen molar-refractivity contribution in [1.29, 1.82) is 0 Å². The summed E-state index contributed by atoms with van der Waals surface area (Å²) in [6, 6.07) is 0. The summed E-state index contributed by atoms with van der Waals surface area (Å²) in [6.45, 7) is 0.691. The number of halogens is 1. The molecule has 0 spiro atoms. The van der Waals surface area contributed by atoms with Crippen LogP contribution in [0.25, 0.3) is 0 Å². The monoisotopic (exact) mass is 297 g/mol.